The van der Waals surface area contributed by atoms with Crippen molar-refractivity contribution >= 4 is 22.6 Å². The maximum Gasteiger partial charge on any atom is 0.352 e. The number of nitrogens with one attached hydrogen (secondary N) is 1. The number of hydrogen-bond donors (Lipinski definition) is 3. The number of pyridine rings is 2. The molecule has 0 aliphatic carbocycles. The molecule has 2 aromatic heterocycles. The number of aromatic amines is 1. The van der Waals surface area contributed by atoms with Crippen molar-refractivity contribution in [1.29, 1.82) is 0 Å². The fourth-order valence-corrected chi connectivity index (χ4v) is 2.59. The standard InChI is InChI=1S/C17H15N3O3/c1-9(10-3-2-4-19-8-10)11-5-12-15(21)7-14(17(22)23)20-16(12)13(18)6-11/h2-9H,18H2,1H3,(H,20,21)(H,22,23). The highest BCUT2D eigenvalue weighted by atomic mass is 16.4. The highest BCUT2D eigenvalue weighted by Gasteiger charge is 2.14. The summed E-state index contributed by atoms with van der Waals surface area (Å²) in [4.78, 5) is 30.1. The molecule has 3 aromatic rings. The van der Waals surface area contributed by atoms with Crippen LogP contribution in [-0.4, -0.2) is 21.0 Å². The molecule has 0 bridgehead atoms. The van der Waals surface area contributed by atoms with Gasteiger partial charge in [-0.15, -0.1) is 0 Å². The van der Waals surface area contributed by atoms with Gasteiger partial charge in [0.2, 0.25) is 0 Å². The van der Waals surface area contributed by atoms with Crippen molar-refractivity contribution in [2.45, 2.75) is 12.8 Å². The number of carbonyl (C=O) groups is 1. The number of hydrogen-bond acceptors (Lipinski definition) is 4. The molecule has 1 aromatic carbocycles. The van der Waals surface area contributed by atoms with E-state index >= 15 is 0 Å². The molecule has 1 atom stereocenters. The van der Waals surface area contributed by atoms with Crippen molar-refractivity contribution in [3.8, 4) is 0 Å². The number of nitrogens with zero attached hydrogens (tertiary/aromatic N) is 1. The summed E-state index contributed by atoms with van der Waals surface area (Å²) in [6, 6.07) is 8.37. The summed E-state index contributed by atoms with van der Waals surface area (Å²) in [6.45, 7) is 2.00. The van der Waals surface area contributed by atoms with E-state index in [1.54, 1.807) is 24.5 Å². The van der Waals surface area contributed by atoms with Crippen LogP contribution < -0.4 is 11.2 Å². The lowest BCUT2D eigenvalue weighted by molar-refractivity contribution is 0.0691. The first-order chi connectivity index (χ1) is 11.0. The van der Waals surface area contributed by atoms with Crippen LogP contribution in [0.3, 0.4) is 0 Å². The molecule has 116 valence electrons. The number of rotatable bonds is 3. The van der Waals surface area contributed by atoms with Gasteiger partial charge in [-0.1, -0.05) is 13.0 Å². The second-order valence-electron chi connectivity index (χ2n) is 5.39. The van der Waals surface area contributed by atoms with Gasteiger partial charge in [-0.2, -0.15) is 0 Å². The van der Waals surface area contributed by atoms with E-state index in [4.69, 9.17) is 10.8 Å². The predicted molar refractivity (Wildman–Crippen MR) is 87.7 cm³/mol. The maximum atomic E-state index is 12.2. The lowest BCUT2D eigenvalue weighted by Crippen LogP contribution is -2.11. The van der Waals surface area contributed by atoms with Crippen LogP contribution in [-0.2, 0) is 0 Å². The van der Waals surface area contributed by atoms with Crippen LogP contribution in [0.1, 0.15) is 34.5 Å². The van der Waals surface area contributed by atoms with Gasteiger partial charge in [0.1, 0.15) is 5.69 Å². The fourth-order valence-electron chi connectivity index (χ4n) is 2.59. The number of carboxylic acid groups (broad SMARTS) is 1. The Morgan fingerprint density at radius 1 is 1.30 bits per heavy atom. The molecule has 0 fully saturated rings. The van der Waals surface area contributed by atoms with E-state index in [9.17, 15) is 9.59 Å². The van der Waals surface area contributed by atoms with E-state index in [-0.39, 0.29) is 17.0 Å². The Morgan fingerprint density at radius 3 is 2.74 bits per heavy atom. The zero-order valence-corrected chi connectivity index (χ0v) is 12.4. The summed E-state index contributed by atoms with van der Waals surface area (Å²) in [7, 11) is 0. The summed E-state index contributed by atoms with van der Waals surface area (Å²) >= 11 is 0. The topological polar surface area (TPSA) is 109 Å². The minimum atomic E-state index is -1.20. The molecule has 0 saturated carbocycles. The Morgan fingerprint density at radius 2 is 2.09 bits per heavy atom. The molecular weight excluding hydrogens is 294 g/mol. The van der Waals surface area contributed by atoms with Crippen molar-refractivity contribution in [2.75, 3.05) is 5.73 Å². The molecular formula is C17H15N3O3. The van der Waals surface area contributed by atoms with E-state index in [0.29, 0.717) is 16.6 Å². The van der Waals surface area contributed by atoms with Gasteiger partial charge in [0.25, 0.3) is 0 Å². The normalized spacial score (nSPS) is 12.2. The highest BCUT2D eigenvalue weighted by molar-refractivity contribution is 5.94. The van der Waals surface area contributed by atoms with Crippen LogP contribution in [0.5, 0.6) is 0 Å². The molecule has 23 heavy (non-hydrogen) atoms. The van der Waals surface area contributed by atoms with Crippen LogP contribution in [0.25, 0.3) is 10.9 Å². The minimum absolute atomic E-state index is 0.00829. The summed E-state index contributed by atoms with van der Waals surface area (Å²) in [6.07, 6.45) is 3.46. The second kappa shape index (κ2) is 5.57. The van der Waals surface area contributed by atoms with Crippen molar-refractivity contribution in [1.82, 2.24) is 9.97 Å². The summed E-state index contributed by atoms with van der Waals surface area (Å²) in [5, 5.41) is 9.41. The average Bonchev–Trinajstić information content (AvgIpc) is 2.55. The molecule has 0 radical (unpaired) electrons. The van der Waals surface area contributed by atoms with E-state index in [0.717, 1.165) is 17.2 Å². The number of aromatic nitrogens is 2. The summed E-state index contributed by atoms with van der Waals surface area (Å²) in [5.74, 6) is -1.19. The molecule has 6 nitrogen and oxygen atoms in total. The van der Waals surface area contributed by atoms with Gasteiger partial charge >= 0.3 is 5.97 Å². The molecule has 0 amide bonds. The monoisotopic (exact) mass is 309 g/mol. The third-order valence-corrected chi connectivity index (χ3v) is 3.91. The quantitative estimate of drug-likeness (QED) is 0.643. The summed E-state index contributed by atoms with van der Waals surface area (Å²) < 4.78 is 0. The Kier molecular flexibility index (Phi) is 3.57. The molecule has 3 rings (SSSR count). The first-order valence-electron chi connectivity index (χ1n) is 7.07. The van der Waals surface area contributed by atoms with Crippen molar-refractivity contribution in [3.63, 3.8) is 0 Å². The minimum Gasteiger partial charge on any atom is -0.477 e. The molecule has 6 heteroatoms. The first-order valence-corrected chi connectivity index (χ1v) is 7.07. The van der Waals surface area contributed by atoms with Crippen LogP contribution in [0, 0.1) is 0 Å². The Labute approximate surface area is 131 Å². The fraction of sp³-hybridized carbons (Fsp3) is 0.118. The highest BCUT2D eigenvalue weighted by Crippen LogP contribution is 2.28. The second-order valence-corrected chi connectivity index (χ2v) is 5.39. The van der Waals surface area contributed by atoms with Gasteiger partial charge in [-0.25, -0.2) is 4.79 Å². The lowest BCUT2D eigenvalue weighted by atomic mass is 9.92. The van der Waals surface area contributed by atoms with E-state index in [1.165, 1.54) is 0 Å². The first kappa shape index (κ1) is 14.8. The van der Waals surface area contributed by atoms with Crippen molar-refractivity contribution < 1.29 is 9.90 Å². The van der Waals surface area contributed by atoms with Crippen LogP contribution in [0.4, 0.5) is 5.69 Å². The molecule has 2 heterocycles. The van der Waals surface area contributed by atoms with Crippen molar-refractivity contribution in [3.05, 3.63) is 69.8 Å². The SMILES string of the molecule is CC(c1cccnc1)c1cc(N)c2[nH]c(C(=O)O)cc(=O)c2c1. The van der Waals surface area contributed by atoms with Gasteiger partial charge < -0.3 is 15.8 Å². The smallest absolute Gasteiger partial charge is 0.352 e. The van der Waals surface area contributed by atoms with Gasteiger partial charge in [0.15, 0.2) is 5.43 Å². The zero-order chi connectivity index (χ0) is 16.6. The summed E-state index contributed by atoms with van der Waals surface area (Å²) in [5.41, 5.74) is 8.04. The van der Waals surface area contributed by atoms with Crippen LogP contribution in [0.15, 0.2) is 47.5 Å². The van der Waals surface area contributed by atoms with E-state index in [1.807, 2.05) is 19.1 Å². The van der Waals surface area contributed by atoms with E-state index in [2.05, 4.69) is 9.97 Å². The van der Waals surface area contributed by atoms with Crippen molar-refractivity contribution in [2.24, 2.45) is 0 Å². The number of fused-ring (bicyclic) bond motifs is 1. The predicted octanol–water partition coefficient (Wildman–Crippen LogP) is 2.36. The van der Waals surface area contributed by atoms with Gasteiger partial charge in [0, 0.05) is 29.8 Å². The van der Waals surface area contributed by atoms with Gasteiger partial charge in [-0.05, 0) is 29.3 Å². The molecule has 0 aliphatic heterocycles. The number of benzene rings is 1. The zero-order valence-electron chi connectivity index (χ0n) is 12.4. The third kappa shape index (κ3) is 2.66. The number of nitrogen functional groups attached to an aromatic ring is 1. The van der Waals surface area contributed by atoms with Gasteiger partial charge in [0.05, 0.1) is 11.2 Å². The number of H-pyrrole nitrogens is 1. The lowest BCUT2D eigenvalue weighted by Gasteiger charge is -2.14. The average molecular weight is 309 g/mol. The van der Waals surface area contributed by atoms with Gasteiger partial charge in [-0.3, -0.25) is 9.78 Å². The number of carboxylic acids is 1. The largest absolute Gasteiger partial charge is 0.477 e. The molecule has 0 saturated heterocycles. The number of nitrogens with two attached hydrogens (primary N) is 1. The number of anilines is 1. The Hall–Kier alpha value is -3.15. The third-order valence-electron chi connectivity index (χ3n) is 3.91. The molecule has 4 N–H and O–H groups in total. The number of aromatic carboxylic acids is 1. The van der Waals surface area contributed by atoms with Crippen LogP contribution in [0.2, 0.25) is 0 Å². The molecule has 1 unspecified atom stereocenters. The Balaban J connectivity index is 2.19. The maximum absolute atomic E-state index is 12.2. The van der Waals surface area contributed by atoms with Crippen LogP contribution >= 0.6 is 0 Å². The molecule has 0 aliphatic rings. The molecule has 0 spiro atoms. The Bertz CT molecular complexity index is 948. The van der Waals surface area contributed by atoms with E-state index < -0.39 is 5.97 Å².